The van der Waals surface area contributed by atoms with E-state index in [0.717, 1.165) is 17.7 Å². The monoisotopic (exact) mass is 454 g/mol. The Kier molecular flexibility index (Phi) is 6.46. The van der Waals surface area contributed by atoms with E-state index in [0.29, 0.717) is 49.3 Å². The molecule has 0 saturated carbocycles. The third-order valence-electron chi connectivity index (χ3n) is 5.82. The molecule has 1 aliphatic heterocycles. The van der Waals surface area contributed by atoms with E-state index < -0.39 is 10.0 Å². The number of benzene rings is 2. The lowest BCUT2D eigenvalue weighted by atomic mass is 9.87. The average Bonchev–Trinajstić information content (AvgIpc) is 3.27. The number of piperazine rings is 1. The van der Waals surface area contributed by atoms with Crippen LogP contribution in [0, 0.1) is 0 Å². The maximum absolute atomic E-state index is 13.0. The van der Waals surface area contributed by atoms with Gasteiger partial charge in [0.25, 0.3) is 0 Å². The molecule has 2 aromatic carbocycles. The first-order valence-corrected chi connectivity index (χ1v) is 12.4. The van der Waals surface area contributed by atoms with E-state index in [1.807, 2.05) is 42.5 Å². The predicted octanol–water partition coefficient (Wildman–Crippen LogP) is 3.58. The van der Waals surface area contributed by atoms with Crippen LogP contribution < -0.4 is 0 Å². The topological polar surface area (TPSA) is 79.5 Å². The van der Waals surface area contributed by atoms with Crippen molar-refractivity contribution in [3.05, 3.63) is 66.1 Å². The summed E-state index contributed by atoms with van der Waals surface area (Å²) in [6.07, 6.45) is 0.640. The lowest BCUT2D eigenvalue weighted by Crippen LogP contribution is -2.49. The normalized spacial score (nSPS) is 16.3. The average molecular weight is 455 g/mol. The Labute approximate surface area is 190 Å². The van der Waals surface area contributed by atoms with E-state index >= 15 is 0 Å². The van der Waals surface area contributed by atoms with Crippen LogP contribution in [0.5, 0.6) is 0 Å². The van der Waals surface area contributed by atoms with Crippen LogP contribution in [0.1, 0.15) is 32.2 Å². The number of rotatable bonds is 6. The summed E-state index contributed by atoms with van der Waals surface area (Å²) in [5, 5.41) is 8.27. The molecule has 0 radical (unpaired) electrons. The quantitative estimate of drug-likeness (QED) is 0.566. The molecule has 8 heteroatoms. The van der Waals surface area contributed by atoms with Gasteiger partial charge in [0.15, 0.2) is 0 Å². The minimum absolute atomic E-state index is 0.00581. The van der Waals surface area contributed by atoms with Crippen LogP contribution in [-0.2, 0) is 21.9 Å². The summed E-state index contributed by atoms with van der Waals surface area (Å²) < 4.78 is 33.4. The lowest BCUT2D eigenvalue weighted by molar-refractivity contribution is 0.187. The van der Waals surface area contributed by atoms with Gasteiger partial charge in [-0.05, 0) is 35.2 Å². The van der Waals surface area contributed by atoms with E-state index in [1.165, 1.54) is 0 Å². The van der Waals surface area contributed by atoms with E-state index in [-0.39, 0.29) is 5.41 Å². The molecule has 1 fully saturated rings. The van der Waals surface area contributed by atoms with Gasteiger partial charge in [0, 0.05) is 44.7 Å². The second kappa shape index (κ2) is 9.13. The molecule has 0 spiro atoms. The maximum Gasteiger partial charge on any atom is 0.247 e. The van der Waals surface area contributed by atoms with Gasteiger partial charge in [-0.1, -0.05) is 51.1 Å². The van der Waals surface area contributed by atoms with E-state index in [1.54, 1.807) is 16.4 Å². The number of sulfonamides is 1. The lowest BCUT2D eigenvalue weighted by Gasteiger charge is -2.33. The summed E-state index contributed by atoms with van der Waals surface area (Å²) in [5.41, 5.74) is 2.02. The molecule has 0 atom stereocenters. The fraction of sp³-hybridized carbons (Fsp3) is 0.417. The predicted molar refractivity (Wildman–Crippen MR) is 124 cm³/mol. The molecule has 3 aromatic rings. The molecule has 2 heterocycles. The van der Waals surface area contributed by atoms with Crippen LogP contribution in [0.4, 0.5) is 0 Å². The molecule has 4 rings (SSSR count). The highest BCUT2D eigenvalue weighted by molar-refractivity contribution is 7.89. The van der Waals surface area contributed by atoms with Crippen LogP contribution >= 0.6 is 0 Å². The molecular weight excluding hydrogens is 424 g/mol. The standard InChI is InChI=1S/C24H30N4O3S/c1-24(2,3)20-9-11-21(12-10-20)32(29,30)28-17-15-27(16-18-28)14-13-22-25-26-23(31-22)19-7-5-4-6-8-19/h4-12H,13-18H2,1-3H3. The third kappa shape index (κ3) is 5.09. The SMILES string of the molecule is CC(C)(C)c1ccc(S(=O)(=O)N2CCN(CCc3nnc(-c4ccccc4)o3)CC2)cc1. The number of aromatic nitrogens is 2. The molecule has 1 aromatic heterocycles. The minimum atomic E-state index is -3.48. The highest BCUT2D eigenvalue weighted by atomic mass is 32.2. The molecule has 0 unspecified atom stereocenters. The first-order valence-electron chi connectivity index (χ1n) is 10.9. The van der Waals surface area contributed by atoms with Crippen molar-refractivity contribution in [3.63, 3.8) is 0 Å². The summed E-state index contributed by atoms with van der Waals surface area (Å²) in [5.74, 6) is 1.12. The van der Waals surface area contributed by atoms with Gasteiger partial charge in [0.2, 0.25) is 21.8 Å². The number of nitrogens with zero attached hydrogens (tertiary/aromatic N) is 4. The number of hydrogen-bond acceptors (Lipinski definition) is 6. The molecule has 0 bridgehead atoms. The molecule has 0 amide bonds. The Balaban J connectivity index is 1.31. The Morgan fingerprint density at radius 2 is 1.56 bits per heavy atom. The zero-order valence-corrected chi connectivity index (χ0v) is 19.7. The maximum atomic E-state index is 13.0. The third-order valence-corrected chi connectivity index (χ3v) is 7.73. The van der Waals surface area contributed by atoms with Crippen molar-refractivity contribution >= 4 is 10.0 Å². The Bertz CT molecular complexity index is 1130. The van der Waals surface area contributed by atoms with Gasteiger partial charge < -0.3 is 9.32 Å². The van der Waals surface area contributed by atoms with Crippen molar-refractivity contribution in [2.75, 3.05) is 32.7 Å². The first-order chi connectivity index (χ1) is 15.2. The van der Waals surface area contributed by atoms with Crippen molar-refractivity contribution in [3.8, 4) is 11.5 Å². The minimum Gasteiger partial charge on any atom is -0.421 e. The summed E-state index contributed by atoms with van der Waals surface area (Å²) in [6, 6.07) is 17.0. The van der Waals surface area contributed by atoms with Gasteiger partial charge in [-0.15, -0.1) is 10.2 Å². The highest BCUT2D eigenvalue weighted by Crippen LogP contribution is 2.25. The molecule has 170 valence electrons. The Hall–Kier alpha value is -2.55. The molecule has 32 heavy (non-hydrogen) atoms. The van der Waals surface area contributed by atoms with Crippen molar-refractivity contribution in [1.29, 1.82) is 0 Å². The summed E-state index contributed by atoms with van der Waals surface area (Å²) >= 11 is 0. The van der Waals surface area contributed by atoms with Gasteiger partial charge in [-0.3, -0.25) is 0 Å². The smallest absolute Gasteiger partial charge is 0.247 e. The molecule has 7 nitrogen and oxygen atoms in total. The summed E-state index contributed by atoms with van der Waals surface area (Å²) in [7, 11) is -3.48. The summed E-state index contributed by atoms with van der Waals surface area (Å²) in [6.45, 7) is 9.42. The van der Waals surface area contributed by atoms with Crippen LogP contribution in [0.15, 0.2) is 63.9 Å². The zero-order chi connectivity index (χ0) is 22.8. The highest BCUT2D eigenvalue weighted by Gasteiger charge is 2.29. The van der Waals surface area contributed by atoms with E-state index in [4.69, 9.17) is 4.42 Å². The second-order valence-electron chi connectivity index (χ2n) is 9.14. The van der Waals surface area contributed by atoms with Crippen molar-refractivity contribution < 1.29 is 12.8 Å². The Morgan fingerprint density at radius 1 is 0.906 bits per heavy atom. The van der Waals surface area contributed by atoms with Crippen LogP contribution in [0.25, 0.3) is 11.5 Å². The van der Waals surface area contributed by atoms with Gasteiger partial charge >= 0.3 is 0 Å². The van der Waals surface area contributed by atoms with Crippen LogP contribution in [0.3, 0.4) is 0 Å². The molecule has 0 aliphatic carbocycles. The fourth-order valence-electron chi connectivity index (χ4n) is 3.78. The molecule has 0 N–H and O–H groups in total. The molecule has 1 aliphatic rings. The van der Waals surface area contributed by atoms with Crippen molar-refractivity contribution in [1.82, 2.24) is 19.4 Å². The fourth-order valence-corrected chi connectivity index (χ4v) is 5.20. The number of hydrogen-bond donors (Lipinski definition) is 0. The summed E-state index contributed by atoms with van der Waals surface area (Å²) in [4.78, 5) is 2.60. The largest absolute Gasteiger partial charge is 0.421 e. The van der Waals surface area contributed by atoms with Crippen molar-refractivity contribution in [2.24, 2.45) is 0 Å². The van der Waals surface area contributed by atoms with Crippen LogP contribution in [-0.4, -0.2) is 60.5 Å². The van der Waals surface area contributed by atoms with Gasteiger partial charge in [-0.25, -0.2) is 8.42 Å². The second-order valence-corrected chi connectivity index (χ2v) is 11.1. The molecule has 1 saturated heterocycles. The van der Waals surface area contributed by atoms with Gasteiger partial charge in [-0.2, -0.15) is 4.31 Å². The van der Waals surface area contributed by atoms with E-state index in [9.17, 15) is 8.42 Å². The van der Waals surface area contributed by atoms with E-state index in [2.05, 4.69) is 35.9 Å². The first kappa shape index (κ1) is 22.6. The van der Waals surface area contributed by atoms with Gasteiger partial charge in [0.1, 0.15) is 0 Å². The molecular formula is C24H30N4O3S. The zero-order valence-electron chi connectivity index (χ0n) is 18.9. The van der Waals surface area contributed by atoms with Crippen molar-refractivity contribution in [2.45, 2.75) is 37.5 Å². The van der Waals surface area contributed by atoms with Gasteiger partial charge in [0.05, 0.1) is 4.90 Å². The Morgan fingerprint density at radius 3 is 2.19 bits per heavy atom. The van der Waals surface area contributed by atoms with Crippen LogP contribution in [0.2, 0.25) is 0 Å².